The minimum atomic E-state index is -1.56. The molecule has 1 aromatic carbocycles. The summed E-state index contributed by atoms with van der Waals surface area (Å²) in [5, 5.41) is 18.5. The third-order valence-electron chi connectivity index (χ3n) is 2.28. The van der Waals surface area contributed by atoms with Crippen LogP contribution in [0, 0.1) is 6.92 Å². The minimum absolute atomic E-state index is 0.322. The second-order valence-corrected chi connectivity index (χ2v) is 4.12. The highest BCUT2D eigenvalue weighted by atomic mass is 32.2. The van der Waals surface area contributed by atoms with Crippen molar-refractivity contribution in [1.29, 1.82) is 0 Å². The zero-order chi connectivity index (χ0) is 12.3. The fourth-order valence-corrected chi connectivity index (χ4v) is 2.15. The average molecular weight is 242 g/mol. The molecule has 0 heterocycles. The van der Waals surface area contributed by atoms with Gasteiger partial charge in [-0.15, -0.1) is 11.8 Å². The van der Waals surface area contributed by atoms with Crippen LogP contribution in [0.1, 0.15) is 17.2 Å². The van der Waals surface area contributed by atoms with Gasteiger partial charge in [-0.2, -0.15) is 0 Å². The zero-order valence-corrected chi connectivity index (χ0v) is 10.2. The van der Waals surface area contributed by atoms with E-state index in [0.29, 0.717) is 16.2 Å². The molecule has 1 atom stereocenters. The molecule has 0 amide bonds. The molecular formula is C11H14O4S. The maximum Gasteiger partial charge on any atom is 0.337 e. The molecule has 1 rings (SSSR count). The fourth-order valence-electron chi connectivity index (χ4n) is 1.52. The highest BCUT2D eigenvalue weighted by Gasteiger charge is 2.24. The third kappa shape index (κ3) is 2.31. The van der Waals surface area contributed by atoms with E-state index in [-0.39, 0.29) is 0 Å². The summed E-state index contributed by atoms with van der Waals surface area (Å²) in [5.41, 5.74) is 1.12. The maximum absolute atomic E-state index is 10.8. The summed E-state index contributed by atoms with van der Waals surface area (Å²) in [5.74, 6) is -0.846. The second kappa shape index (κ2) is 5.23. The van der Waals surface area contributed by atoms with Gasteiger partial charge in [-0.1, -0.05) is 6.07 Å². The number of aliphatic hydroxyl groups is 1. The second-order valence-electron chi connectivity index (χ2n) is 3.27. The Morgan fingerprint density at radius 1 is 1.50 bits per heavy atom. The SMILES string of the molecule is COc1c(C)ccc(SC)c1C(O)C(=O)O. The van der Waals surface area contributed by atoms with E-state index < -0.39 is 12.1 Å². The minimum Gasteiger partial charge on any atom is -0.496 e. The monoisotopic (exact) mass is 242 g/mol. The number of rotatable bonds is 4. The Morgan fingerprint density at radius 3 is 2.56 bits per heavy atom. The van der Waals surface area contributed by atoms with E-state index in [1.54, 1.807) is 13.0 Å². The molecule has 2 N–H and O–H groups in total. The Balaban J connectivity index is 3.41. The molecule has 0 saturated carbocycles. The van der Waals surface area contributed by atoms with Crippen molar-refractivity contribution in [3.8, 4) is 5.75 Å². The largest absolute Gasteiger partial charge is 0.496 e. The van der Waals surface area contributed by atoms with E-state index in [4.69, 9.17) is 9.84 Å². The number of carbonyl (C=O) groups is 1. The molecule has 1 unspecified atom stereocenters. The smallest absolute Gasteiger partial charge is 0.337 e. The molecular weight excluding hydrogens is 228 g/mol. The number of aliphatic carboxylic acids is 1. The van der Waals surface area contributed by atoms with Crippen LogP contribution in [0.4, 0.5) is 0 Å². The first-order valence-corrected chi connectivity index (χ1v) is 5.87. The molecule has 88 valence electrons. The number of methoxy groups -OCH3 is 1. The van der Waals surface area contributed by atoms with Crippen molar-refractivity contribution in [2.24, 2.45) is 0 Å². The van der Waals surface area contributed by atoms with Gasteiger partial charge in [-0.3, -0.25) is 0 Å². The summed E-state index contributed by atoms with van der Waals surface area (Å²) in [6, 6.07) is 3.62. The van der Waals surface area contributed by atoms with Crippen LogP contribution >= 0.6 is 11.8 Å². The molecule has 16 heavy (non-hydrogen) atoms. The van der Waals surface area contributed by atoms with Gasteiger partial charge in [-0.25, -0.2) is 4.79 Å². The molecule has 0 radical (unpaired) electrons. The third-order valence-corrected chi connectivity index (χ3v) is 3.08. The molecule has 0 fully saturated rings. The molecule has 0 bridgehead atoms. The lowest BCUT2D eigenvalue weighted by molar-refractivity contribution is -0.147. The van der Waals surface area contributed by atoms with Crippen molar-refractivity contribution in [2.75, 3.05) is 13.4 Å². The van der Waals surface area contributed by atoms with E-state index in [1.807, 2.05) is 12.3 Å². The number of thioether (sulfide) groups is 1. The van der Waals surface area contributed by atoms with Gasteiger partial charge >= 0.3 is 5.97 Å². The molecule has 5 heteroatoms. The summed E-state index contributed by atoms with van der Waals surface area (Å²) < 4.78 is 5.15. The molecule has 0 saturated heterocycles. The summed E-state index contributed by atoms with van der Waals surface area (Å²) in [4.78, 5) is 11.5. The van der Waals surface area contributed by atoms with Crippen LogP contribution in [0.2, 0.25) is 0 Å². The van der Waals surface area contributed by atoms with Crippen LogP contribution in [0.3, 0.4) is 0 Å². The van der Waals surface area contributed by atoms with Gasteiger partial charge in [0.05, 0.1) is 7.11 Å². The van der Waals surface area contributed by atoms with Gasteiger partial charge in [0.2, 0.25) is 0 Å². The summed E-state index contributed by atoms with van der Waals surface area (Å²) in [6.07, 6.45) is 0.264. The van der Waals surface area contributed by atoms with Crippen molar-refractivity contribution in [3.63, 3.8) is 0 Å². The summed E-state index contributed by atoms with van der Waals surface area (Å²) in [6.45, 7) is 1.81. The van der Waals surface area contributed by atoms with E-state index in [1.165, 1.54) is 18.9 Å². The van der Waals surface area contributed by atoms with Gasteiger partial charge in [-0.05, 0) is 24.8 Å². The Morgan fingerprint density at radius 2 is 2.12 bits per heavy atom. The predicted octanol–water partition coefficient (Wildman–Crippen LogP) is 1.84. The Bertz CT molecular complexity index is 403. The predicted molar refractivity (Wildman–Crippen MR) is 62.1 cm³/mol. The normalized spacial score (nSPS) is 12.2. The van der Waals surface area contributed by atoms with Gasteiger partial charge in [0.25, 0.3) is 0 Å². The van der Waals surface area contributed by atoms with E-state index >= 15 is 0 Å². The lowest BCUT2D eigenvalue weighted by Crippen LogP contribution is -2.13. The Hall–Kier alpha value is -1.20. The van der Waals surface area contributed by atoms with Crippen molar-refractivity contribution in [2.45, 2.75) is 17.9 Å². The average Bonchev–Trinajstić information content (AvgIpc) is 2.27. The van der Waals surface area contributed by atoms with Gasteiger partial charge < -0.3 is 14.9 Å². The molecule has 0 spiro atoms. The lowest BCUT2D eigenvalue weighted by atomic mass is 10.0. The number of hydrogen-bond donors (Lipinski definition) is 2. The number of aliphatic hydroxyl groups excluding tert-OH is 1. The standard InChI is InChI=1S/C11H14O4S/c1-6-4-5-7(16-3)8(10(6)15-2)9(12)11(13)14/h4-5,9,12H,1-3H3,(H,13,14). The number of ether oxygens (including phenoxy) is 1. The van der Waals surface area contributed by atoms with Crippen molar-refractivity contribution in [1.82, 2.24) is 0 Å². The molecule has 1 aromatic rings. The number of carboxylic acids is 1. The van der Waals surface area contributed by atoms with Gasteiger partial charge in [0.15, 0.2) is 6.10 Å². The van der Waals surface area contributed by atoms with Gasteiger partial charge in [0, 0.05) is 10.5 Å². The van der Waals surface area contributed by atoms with Crippen LogP contribution in [0.15, 0.2) is 17.0 Å². The van der Waals surface area contributed by atoms with Crippen LogP contribution in [0.5, 0.6) is 5.75 Å². The van der Waals surface area contributed by atoms with E-state index in [2.05, 4.69) is 0 Å². The maximum atomic E-state index is 10.8. The molecule has 0 aliphatic carbocycles. The van der Waals surface area contributed by atoms with Crippen molar-refractivity contribution < 1.29 is 19.7 Å². The first-order chi connectivity index (χ1) is 7.52. The number of carboxylic acid groups (broad SMARTS) is 1. The van der Waals surface area contributed by atoms with Crippen molar-refractivity contribution >= 4 is 17.7 Å². The quantitative estimate of drug-likeness (QED) is 0.789. The lowest BCUT2D eigenvalue weighted by Gasteiger charge is -2.17. The van der Waals surface area contributed by atoms with Crippen LogP contribution in [-0.2, 0) is 4.79 Å². The first kappa shape index (κ1) is 12.9. The van der Waals surface area contributed by atoms with E-state index in [9.17, 15) is 9.90 Å². The van der Waals surface area contributed by atoms with Gasteiger partial charge in [0.1, 0.15) is 5.75 Å². The van der Waals surface area contributed by atoms with Crippen LogP contribution in [-0.4, -0.2) is 29.5 Å². The highest BCUT2D eigenvalue weighted by molar-refractivity contribution is 7.98. The molecule has 0 aliphatic heterocycles. The van der Waals surface area contributed by atoms with Crippen LogP contribution < -0.4 is 4.74 Å². The molecule has 0 aliphatic rings. The Kier molecular flexibility index (Phi) is 4.20. The fraction of sp³-hybridized carbons (Fsp3) is 0.364. The number of benzene rings is 1. The molecule has 4 nitrogen and oxygen atoms in total. The number of aryl methyl sites for hydroxylation is 1. The summed E-state index contributed by atoms with van der Waals surface area (Å²) >= 11 is 1.38. The molecule has 0 aromatic heterocycles. The van der Waals surface area contributed by atoms with E-state index in [0.717, 1.165) is 5.56 Å². The number of hydrogen-bond acceptors (Lipinski definition) is 4. The zero-order valence-electron chi connectivity index (χ0n) is 9.35. The van der Waals surface area contributed by atoms with Crippen LogP contribution in [0.25, 0.3) is 0 Å². The first-order valence-electron chi connectivity index (χ1n) is 4.65. The Labute approximate surface area is 98.2 Å². The van der Waals surface area contributed by atoms with Crippen molar-refractivity contribution in [3.05, 3.63) is 23.3 Å². The highest BCUT2D eigenvalue weighted by Crippen LogP contribution is 2.36. The topological polar surface area (TPSA) is 66.8 Å². The summed E-state index contributed by atoms with van der Waals surface area (Å²) in [7, 11) is 1.46.